The second-order valence-corrected chi connectivity index (χ2v) is 4.88. The Labute approximate surface area is 121 Å². The van der Waals surface area contributed by atoms with Crippen LogP contribution >= 0.6 is 11.3 Å². The molecule has 0 bridgehead atoms. The summed E-state index contributed by atoms with van der Waals surface area (Å²) in [6.45, 7) is 3.21. The molecule has 1 aromatic rings. The minimum atomic E-state index is -0.702. The monoisotopic (exact) mass is 301 g/mol. The summed E-state index contributed by atoms with van der Waals surface area (Å²) in [7, 11) is 3.08. The SMILES string of the molecule is COCCN(CCOC)C(=O)C(=O)Nc1nc(C)cs1. The first-order valence-corrected chi connectivity index (χ1v) is 6.96. The predicted molar refractivity (Wildman–Crippen MR) is 75.8 cm³/mol. The summed E-state index contributed by atoms with van der Waals surface area (Å²) in [5, 5.41) is 4.71. The lowest BCUT2D eigenvalue weighted by molar-refractivity contribution is -0.144. The molecule has 0 fully saturated rings. The predicted octanol–water partition coefficient (Wildman–Crippen LogP) is 0.511. The summed E-state index contributed by atoms with van der Waals surface area (Å²) in [6.07, 6.45) is 0. The van der Waals surface area contributed by atoms with Crippen LogP contribution in [0.15, 0.2) is 5.38 Å². The van der Waals surface area contributed by atoms with E-state index in [2.05, 4.69) is 10.3 Å². The molecular weight excluding hydrogens is 282 g/mol. The van der Waals surface area contributed by atoms with Crippen LogP contribution in [-0.2, 0) is 19.1 Å². The van der Waals surface area contributed by atoms with Gasteiger partial charge in [-0.15, -0.1) is 11.3 Å². The normalized spacial score (nSPS) is 10.3. The number of carbonyl (C=O) groups is 2. The van der Waals surface area contributed by atoms with E-state index in [4.69, 9.17) is 9.47 Å². The fraction of sp³-hybridized carbons (Fsp3) is 0.583. The number of aromatic nitrogens is 1. The van der Waals surface area contributed by atoms with Crippen LogP contribution in [-0.4, -0.2) is 62.2 Å². The van der Waals surface area contributed by atoms with Crippen molar-refractivity contribution >= 4 is 28.3 Å². The average molecular weight is 301 g/mol. The maximum absolute atomic E-state index is 12.0. The first-order chi connectivity index (χ1) is 9.58. The number of anilines is 1. The number of rotatable bonds is 7. The highest BCUT2D eigenvalue weighted by Crippen LogP contribution is 2.14. The quantitative estimate of drug-likeness (QED) is 0.742. The van der Waals surface area contributed by atoms with Crippen molar-refractivity contribution in [3.05, 3.63) is 11.1 Å². The van der Waals surface area contributed by atoms with Crippen LogP contribution < -0.4 is 5.32 Å². The number of hydrogen-bond acceptors (Lipinski definition) is 6. The molecule has 0 atom stereocenters. The van der Waals surface area contributed by atoms with Crippen LogP contribution in [0.5, 0.6) is 0 Å². The zero-order chi connectivity index (χ0) is 15.0. The molecule has 1 aromatic heterocycles. The molecule has 0 aliphatic rings. The van der Waals surface area contributed by atoms with Gasteiger partial charge in [-0.05, 0) is 6.92 Å². The van der Waals surface area contributed by atoms with Gasteiger partial charge in [0.2, 0.25) is 0 Å². The highest BCUT2D eigenvalue weighted by molar-refractivity contribution is 7.14. The Morgan fingerprint density at radius 3 is 2.35 bits per heavy atom. The third kappa shape index (κ3) is 5.24. The molecule has 0 aliphatic carbocycles. The summed E-state index contributed by atoms with van der Waals surface area (Å²) in [5.74, 6) is -1.32. The maximum atomic E-state index is 12.0. The minimum Gasteiger partial charge on any atom is -0.383 e. The summed E-state index contributed by atoms with van der Waals surface area (Å²) in [5.41, 5.74) is 0.799. The van der Waals surface area contributed by atoms with Gasteiger partial charge in [0.25, 0.3) is 0 Å². The molecule has 0 saturated heterocycles. The number of thiazole rings is 1. The van der Waals surface area contributed by atoms with Gasteiger partial charge in [-0.1, -0.05) is 0 Å². The lowest BCUT2D eigenvalue weighted by Crippen LogP contribution is -2.43. The van der Waals surface area contributed by atoms with Crippen LogP contribution in [0.2, 0.25) is 0 Å². The topological polar surface area (TPSA) is 80.8 Å². The molecule has 1 rings (SSSR count). The van der Waals surface area contributed by atoms with E-state index in [-0.39, 0.29) is 0 Å². The molecular formula is C12H19N3O4S. The fourth-order valence-corrected chi connectivity index (χ4v) is 2.11. The third-order valence-electron chi connectivity index (χ3n) is 2.45. The summed E-state index contributed by atoms with van der Waals surface area (Å²) in [6, 6.07) is 0. The van der Waals surface area contributed by atoms with Crippen molar-refractivity contribution < 1.29 is 19.1 Å². The van der Waals surface area contributed by atoms with Crippen molar-refractivity contribution in [1.29, 1.82) is 0 Å². The lowest BCUT2D eigenvalue weighted by atomic mass is 10.4. The molecule has 0 aromatic carbocycles. The van der Waals surface area contributed by atoms with Crippen molar-refractivity contribution in [3.63, 3.8) is 0 Å². The summed E-state index contributed by atoms with van der Waals surface area (Å²) in [4.78, 5) is 29.4. The van der Waals surface area contributed by atoms with Gasteiger partial charge in [0.1, 0.15) is 0 Å². The van der Waals surface area contributed by atoms with E-state index in [9.17, 15) is 9.59 Å². The molecule has 1 N–H and O–H groups in total. The van der Waals surface area contributed by atoms with Crippen molar-refractivity contribution in [2.24, 2.45) is 0 Å². The van der Waals surface area contributed by atoms with E-state index < -0.39 is 11.8 Å². The number of amides is 2. The number of aryl methyl sites for hydroxylation is 1. The van der Waals surface area contributed by atoms with Gasteiger partial charge in [0.15, 0.2) is 5.13 Å². The zero-order valence-electron chi connectivity index (χ0n) is 11.8. The van der Waals surface area contributed by atoms with E-state index in [1.165, 1.54) is 30.5 Å². The number of methoxy groups -OCH3 is 2. The average Bonchev–Trinajstić information content (AvgIpc) is 2.83. The molecule has 1 heterocycles. The second-order valence-electron chi connectivity index (χ2n) is 4.03. The number of nitrogens with one attached hydrogen (secondary N) is 1. The van der Waals surface area contributed by atoms with Gasteiger partial charge < -0.3 is 14.4 Å². The first-order valence-electron chi connectivity index (χ1n) is 6.08. The first kappa shape index (κ1) is 16.5. The lowest BCUT2D eigenvalue weighted by Gasteiger charge is -2.20. The smallest absolute Gasteiger partial charge is 0.315 e. The summed E-state index contributed by atoms with van der Waals surface area (Å²) < 4.78 is 9.85. The number of carbonyl (C=O) groups excluding carboxylic acids is 2. The van der Waals surface area contributed by atoms with E-state index in [0.717, 1.165) is 5.69 Å². The molecule has 8 heteroatoms. The molecule has 2 amide bonds. The van der Waals surface area contributed by atoms with Gasteiger partial charge in [-0.3, -0.25) is 14.9 Å². The highest BCUT2D eigenvalue weighted by atomic mass is 32.1. The number of ether oxygens (including phenoxy) is 2. The Bertz CT molecular complexity index is 442. The van der Waals surface area contributed by atoms with Gasteiger partial charge in [0.05, 0.1) is 18.9 Å². The molecule has 20 heavy (non-hydrogen) atoms. The van der Waals surface area contributed by atoms with Crippen LogP contribution in [0.1, 0.15) is 5.69 Å². The Hall–Kier alpha value is -1.51. The third-order valence-corrected chi connectivity index (χ3v) is 3.33. The Morgan fingerprint density at radius 2 is 1.90 bits per heavy atom. The van der Waals surface area contributed by atoms with Crippen LogP contribution in [0.25, 0.3) is 0 Å². The molecule has 7 nitrogen and oxygen atoms in total. The van der Waals surface area contributed by atoms with Gasteiger partial charge in [-0.2, -0.15) is 0 Å². The summed E-state index contributed by atoms with van der Waals surface area (Å²) >= 11 is 1.28. The van der Waals surface area contributed by atoms with E-state index in [1.807, 2.05) is 6.92 Å². The zero-order valence-corrected chi connectivity index (χ0v) is 12.7. The molecule has 0 spiro atoms. The number of hydrogen-bond donors (Lipinski definition) is 1. The molecule has 0 radical (unpaired) electrons. The molecule has 0 saturated carbocycles. The van der Waals surface area contributed by atoms with Crippen molar-refractivity contribution in [1.82, 2.24) is 9.88 Å². The van der Waals surface area contributed by atoms with Gasteiger partial charge >= 0.3 is 11.8 Å². The molecule has 0 aliphatic heterocycles. The Kier molecular flexibility index (Phi) is 7.13. The van der Waals surface area contributed by atoms with E-state index in [1.54, 1.807) is 5.38 Å². The van der Waals surface area contributed by atoms with E-state index in [0.29, 0.717) is 31.4 Å². The Balaban J connectivity index is 2.59. The Morgan fingerprint density at radius 1 is 1.30 bits per heavy atom. The molecule has 0 unspecified atom stereocenters. The number of nitrogens with zero attached hydrogens (tertiary/aromatic N) is 2. The molecule has 112 valence electrons. The van der Waals surface area contributed by atoms with Crippen LogP contribution in [0.3, 0.4) is 0 Å². The van der Waals surface area contributed by atoms with Crippen LogP contribution in [0.4, 0.5) is 5.13 Å². The van der Waals surface area contributed by atoms with Crippen molar-refractivity contribution in [3.8, 4) is 0 Å². The van der Waals surface area contributed by atoms with Crippen molar-refractivity contribution in [2.75, 3.05) is 45.8 Å². The van der Waals surface area contributed by atoms with Gasteiger partial charge in [0, 0.05) is 32.7 Å². The fourth-order valence-electron chi connectivity index (χ4n) is 1.42. The maximum Gasteiger partial charge on any atom is 0.315 e. The largest absolute Gasteiger partial charge is 0.383 e. The van der Waals surface area contributed by atoms with E-state index >= 15 is 0 Å². The van der Waals surface area contributed by atoms with Crippen LogP contribution in [0, 0.1) is 6.92 Å². The van der Waals surface area contributed by atoms with Crippen molar-refractivity contribution in [2.45, 2.75) is 6.92 Å². The minimum absolute atomic E-state index is 0.336. The standard InChI is InChI=1S/C12H19N3O4S/c1-9-8-20-12(13-9)14-10(16)11(17)15(4-6-18-2)5-7-19-3/h8H,4-7H2,1-3H3,(H,13,14,16). The van der Waals surface area contributed by atoms with Gasteiger partial charge in [-0.25, -0.2) is 4.98 Å². The second kappa shape index (κ2) is 8.62. The highest BCUT2D eigenvalue weighted by Gasteiger charge is 2.22.